The molecule has 1 aliphatic heterocycles. The van der Waals surface area contributed by atoms with Gasteiger partial charge in [0.05, 0.1) is 11.0 Å². The van der Waals surface area contributed by atoms with Gasteiger partial charge in [0.1, 0.15) is 5.60 Å². The highest BCUT2D eigenvalue weighted by Crippen LogP contribution is 2.25. The third-order valence-corrected chi connectivity index (χ3v) is 4.53. The van der Waals surface area contributed by atoms with Gasteiger partial charge in [0, 0.05) is 37.7 Å². The van der Waals surface area contributed by atoms with Gasteiger partial charge >= 0.3 is 6.09 Å². The Morgan fingerprint density at radius 2 is 1.88 bits per heavy atom. The van der Waals surface area contributed by atoms with Crippen molar-refractivity contribution in [1.82, 2.24) is 14.5 Å². The molecule has 1 amide bonds. The summed E-state index contributed by atoms with van der Waals surface area (Å²) in [7, 11) is 2.03. The van der Waals surface area contributed by atoms with E-state index in [-0.39, 0.29) is 6.09 Å². The minimum absolute atomic E-state index is 0.240. The molecule has 1 saturated heterocycles. The maximum Gasteiger partial charge on any atom is 0.410 e. The number of halogens is 1. The Balaban J connectivity index is 1.71. The summed E-state index contributed by atoms with van der Waals surface area (Å²) in [4.78, 5) is 20.9. The van der Waals surface area contributed by atoms with Gasteiger partial charge in [-0.1, -0.05) is 15.9 Å². The van der Waals surface area contributed by atoms with Crippen molar-refractivity contribution in [3.05, 3.63) is 22.7 Å². The number of anilines is 1. The number of fused-ring (bicyclic) bond motifs is 1. The van der Waals surface area contributed by atoms with Crippen molar-refractivity contribution >= 4 is 39.0 Å². The lowest BCUT2D eigenvalue weighted by atomic mass is 10.2. The molecule has 0 unspecified atom stereocenters. The van der Waals surface area contributed by atoms with Crippen LogP contribution < -0.4 is 4.90 Å². The molecule has 130 valence electrons. The van der Waals surface area contributed by atoms with Crippen LogP contribution in [0, 0.1) is 0 Å². The Kier molecular flexibility index (Phi) is 4.46. The Hall–Kier alpha value is -1.76. The second-order valence-electron chi connectivity index (χ2n) is 7.06. The molecule has 0 bridgehead atoms. The molecule has 0 spiro atoms. The fourth-order valence-electron chi connectivity index (χ4n) is 2.86. The van der Waals surface area contributed by atoms with Crippen LogP contribution in [-0.2, 0) is 11.8 Å². The minimum atomic E-state index is -0.459. The molecular weight excluding hydrogens is 372 g/mol. The fourth-order valence-corrected chi connectivity index (χ4v) is 3.21. The van der Waals surface area contributed by atoms with Crippen molar-refractivity contribution in [2.45, 2.75) is 26.4 Å². The molecule has 1 aliphatic rings. The van der Waals surface area contributed by atoms with Gasteiger partial charge in [0.2, 0.25) is 5.95 Å². The van der Waals surface area contributed by atoms with Crippen molar-refractivity contribution in [3.63, 3.8) is 0 Å². The second-order valence-corrected chi connectivity index (χ2v) is 7.97. The second kappa shape index (κ2) is 6.27. The summed E-state index contributed by atoms with van der Waals surface area (Å²) in [6.45, 7) is 8.44. The molecule has 6 nitrogen and oxygen atoms in total. The van der Waals surface area contributed by atoms with Crippen molar-refractivity contribution in [2.75, 3.05) is 31.1 Å². The van der Waals surface area contributed by atoms with E-state index < -0.39 is 5.60 Å². The summed E-state index contributed by atoms with van der Waals surface area (Å²) in [6.07, 6.45) is -0.240. The van der Waals surface area contributed by atoms with Crippen molar-refractivity contribution in [3.8, 4) is 0 Å². The number of aromatic nitrogens is 2. The summed E-state index contributed by atoms with van der Waals surface area (Å²) in [6, 6.07) is 6.11. The molecule has 1 aromatic carbocycles. The average Bonchev–Trinajstić information content (AvgIpc) is 2.82. The van der Waals surface area contributed by atoms with Gasteiger partial charge < -0.3 is 19.1 Å². The van der Waals surface area contributed by atoms with Gasteiger partial charge in [-0.2, -0.15) is 0 Å². The van der Waals surface area contributed by atoms with E-state index >= 15 is 0 Å². The van der Waals surface area contributed by atoms with Crippen LogP contribution in [0.15, 0.2) is 22.7 Å². The number of amides is 1. The lowest BCUT2D eigenvalue weighted by Crippen LogP contribution is -2.50. The number of carbonyl (C=O) groups is 1. The first-order valence-electron chi connectivity index (χ1n) is 8.09. The number of aryl methyl sites for hydroxylation is 1. The van der Waals surface area contributed by atoms with Crippen LogP contribution >= 0.6 is 15.9 Å². The molecular formula is C17H23BrN4O2. The molecule has 0 saturated carbocycles. The molecule has 0 radical (unpaired) electrons. The van der Waals surface area contributed by atoms with Gasteiger partial charge in [0.15, 0.2) is 0 Å². The minimum Gasteiger partial charge on any atom is -0.444 e. The quantitative estimate of drug-likeness (QED) is 0.743. The van der Waals surface area contributed by atoms with E-state index in [0.29, 0.717) is 13.1 Å². The predicted octanol–water partition coefficient (Wildman–Crippen LogP) is 3.39. The number of benzene rings is 1. The molecule has 1 fully saturated rings. The summed E-state index contributed by atoms with van der Waals surface area (Å²) in [5, 5.41) is 0. The summed E-state index contributed by atoms with van der Waals surface area (Å²) < 4.78 is 8.57. The number of carbonyl (C=O) groups excluding carboxylic acids is 1. The van der Waals surface area contributed by atoms with Crippen LogP contribution in [0.5, 0.6) is 0 Å². The van der Waals surface area contributed by atoms with Crippen LogP contribution in [0.25, 0.3) is 11.0 Å². The van der Waals surface area contributed by atoms with E-state index in [9.17, 15) is 4.79 Å². The molecule has 0 atom stereocenters. The van der Waals surface area contributed by atoms with E-state index in [0.717, 1.165) is 34.5 Å². The number of piperazine rings is 1. The Morgan fingerprint density at radius 1 is 1.21 bits per heavy atom. The van der Waals surface area contributed by atoms with Crippen LogP contribution in [0.4, 0.5) is 10.7 Å². The van der Waals surface area contributed by atoms with Crippen LogP contribution in [0.2, 0.25) is 0 Å². The first-order chi connectivity index (χ1) is 11.2. The molecule has 0 N–H and O–H groups in total. The number of hydrogen-bond acceptors (Lipinski definition) is 4. The summed E-state index contributed by atoms with van der Waals surface area (Å²) in [5.74, 6) is 0.937. The number of ether oxygens (including phenoxy) is 1. The Morgan fingerprint density at radius 3 is 2.50 bits per heavy atom. The lowest BCUT2D eigenvalue weighted by Gasteiger charge is -2.36. The molecule has 1 aromatic heterocycles. The Bertz CT molecular complexity index is 758. The van der Waals surface area contributed by atoms with E-state index in [1.54, 1.807) is 4.90 Å². The first kappa shape index (κ1) is 17.1. The number of imidazole rings is 1. The number of nitrogens with zero attached hydrogens (tertiary/aromatic N) is 4. The topological polar surface area (TPSA) is 50.6 Å². The van der Waals surface area contributed by atoms with E-state index in [1.165, 1.54) is 0 Å². The molecule has 24 heavy (non-hydrogen) atoms. The fraction of sp³-hybridized carbons (Fsp3) is 0.529. The Labute approximate surface area is 150 Å². The third-order valence-electron chi connectivity index (χ3n) is 4.03. The van der Waals surface area contributed by atoms with Crippen molar-refractivity contribution in [2.24, 2.45) is 7.05 Å². The normalized spacial score (nSPS) is 15.9. The smallest absolute Gasteiger partial charge is 0.410 e. The van der Waals surface area contributed by atoms with E-state index in [4.69, 9.17) is 9.72 Å². The van der Waals surface area contributed by atoms with E-state index in [2.05, 4.69) is 31.5 Å². The van der Waals surface area contributed by atoms with Crippen molar-refractivity contribution in [1.29, 1.82) is 0 Å². The zero-order valence-electron chi connectivity index (χ0n) is 14.5. The van der Waals surface area contributed by atoms with Gasteiger partial charge in [0.25, 0.3) is 0 Å². The highest BCUT2D eigenvalue weighted by molar-refractivity contribution is 9.10. The van der Waals surface area contributed by atoms with Gasteiger partial charge in [-0.25, -0.2) is 9.78 Å². The highest BCUT2D eigenvalue weighted by atomic mass is 79.9. The standard InChI is InChI=1S/C17H23BrN4O2/c1-17(2,3)24-16(23)22-9-7-21(8-10-22)15-19-13-11-12(18)5-6-14(13)20(15)4/h5-6,11H,7-10H2,1-4H3. The van der Waals surface area contributed by atoms with Gasteiger partial charge in [-0.3, -0.25) is 0 Å². The predicted molar refractivity (Wildman–Crippen MR) is 98.4 cm³/mol. The maximum atomic E-state index is 12.2. The van der Waals surface area contributed by atoms with Crippen LogP contribution in [0.1, 0.15) is 20.8 Å². The number of hydrogen-bond donors (Lipinski definition) is 0. The molecule has 7 heteroatoms. The highest BCUT2D eigenvalue weighted by Gasteiger charge is 2.27. The average molecular weight is 395 g/mol. The molecule has 2 heterocycles. The largest absolute Gasteiger partial charge is 0.444 e. The molecule has 3 rings (SSSR count). The molecule has 0 aliphatic carbocycles. The SMILES string of the molecule is Cn1c(N2CCN(C(=O)OC(C)(C)C)CC2)nc2cc(Br)ccc21. The number of rotatable bonds is 1. The van der Waals surface area contributed by atoms with Crippen LogP contribution in [0.3, 0.4) is 0 Å². The first-order valence-corrected chi connectivity index (χ1v) is 8.89. The third kappa shape index (κ3) is 3.50. The summed E-state index contributed by atoms with van der Waals surface area (Å²) >= 11 is 3.49. The van der Waals surface area contributed by atoms with Gasteiger partial charge in [-0.05, 0) is 39.0 Å². The van der Waals surface area contributed by atoms with E-state index in [1.807, 2.05) is 40.0 Å². The zero-order chi connectivity index (χ0) is 17.5. The molecule has 2 aromatic rings. The van der Waals surface area contributed by atoms with Crippen molar-refractivity contribution < 1.29 is 9.53 Å². The lowest BCUT2D eigenvalue weighted by molar-refractivity contribution is 0.0240. The zero-order valence-corrected chi connectivity index (χ0v) is 16.1. The maximum absolute atomic E-state index is 12.2. The van der Waals surface area contributed by atoms with Crippen LogP contribution in [-0.4, -0.2) is 52.3 Å². The van der Waals surface area contributed by atoms with Gasteiger partial charge in [-0.15, -0.1) is 0 Å². The monoisotopic (exact) mass is 394 g/mol. The summed E-state index contributed by atoms with van der Waals surface area (Å²) in [5.41, 5.74) is 1.61.